The molecule has 0 aromatic heterocycles. The molecule has 2 amide bonds. The summed E-state index contributed by atoms with van der Waals surface area (Å²) in [5.74, 6) is -0.136. The van der Waals surface area contributed by atoms with E-state index in [0.29, 0.717) is 6.54 Å². The number of alkyl carbamates (subject to hydrolysis) is 1. The molecule has 1 aliphatic rings. The van der Waals surface area contributed by atoms with E-state index in [0.717, 1.165) is 17.7 Å². The molecule has 120 valence electrons. The number of rotatable bonds is 2. The Kier molecular flexibility index (Phi) is 4.18. The molecule has 1 N–H and O–H groups in total. The number of benzene rings is 1. The van der Waals surface area contributed by atoms with Crippen LogP contribution in [0.15, 0.2) is 24.3 Å². The van der Waals surface area contributed by atoms with Crippen LogP contribution in [0, 0.1) is 0 Å². The molecule has 0 bridgehead atoms. The van der Waals surface area contributed by atoms with Gasteiger partial charge in [-0.1, -0.05) is 18.2 Å². The number of anilines is 1. The first-order valence-electron chi connectivity index (χ1n) is 7.51. The van der Waals surface area contributed by atoms with Gasteiger partial charge in [-0.15, -0.1) is 0 Å². The van der Waals surface area contributed by atoms with Gasteiger partial charge in [-0.25, -0.2) is 4.79 Å². The van der Waals surface area contributed by atoms with Crippen LogP contribution in [-0.2, 0) is 16.0 Å². The Hall–Kier alpha value is -2.04. The quantitative estimate of drug-likeness (QED) is 0.914. The number of ether oxygens (including phenoxy) is 1. The highest BCUT2D eigenvalue weighted by Gasteiger charge is 2.37. The first-order valence-corrected chi connectivity index (χ1v) is 7.51. The molecule has 1 aliphatic heterocycles. The molecule has 1 heterocycles. The van der Waals surface area contributed by atoms with Gasteiger partial charge >= 0.3 is 6.09 Å². The second-order valence-electron chi connectivity index (χ2n) is 7.09. The number of hydrogen-bond acceptors (Lipinski definition) is 3. The number of amides is 2. The number of carbonyl (C=O) groups is 2. The Morgan fingerprint density at radius 2 is 1.77 bits per heavy atom. The molecule has 1 aromatic rings. The minimum Gasteiger partial charge on any atom is -0.444 e. The summed E-state index contributed by atoms with van der Waals surface area (Å²) in [6, 6.07) is 7.84. The van der Waals surface area contributed by atoms with Crippen molar-refractivity contribution < 1.29 is 14.3 Å². The largest absolute Gasteiger partial charge is 0.444 e. The Morgan fingerprint density at radius 1 is 1.14 bits per heavy atom. The molecule has 22 heavy (non-hydrogen) atoms. The predicted molar refractivity (Wildman–Crippen MR) is 85.9 cm³/mol. The Labute approximate surface area is 131 Å². The smallest absolute Gasteiger partial charge is 0.408 e. The van der Waals surface area contributed by atoms with E-state index in [1.54, 1.807) is 39.5 Å². The van der Waals surface area contributed by atoms with E-state index in [2.05, 4.69) is 5.32 Å². The van der Waals surface area contributed by atoms with Gasteiger partial charge in [0.2, 0.25) is 0 Å². The van der Waals surface area contributed by atoms with E-state index in [1.165, 1.54) is 0 Å². The molecule has 0 aliphatic carbocycles. The van der Waals surface area contributed by atoms with Gasteiger partial charge in [0, 0.05) is 12.2 Å². The first-order chi connectivity index (χ1) is 10.1. The number of nitrogens with zero attached hydrogens (tertiary/aromatic N) is 1. The zero-order valence-electron chi connectivity index (χ0n) is 13.9. The van der Waals surface area contributed by atoms with Gasteiger partial charge in [0.25, 0.3) is 5.91 Å². The summed E-state index contributed by atoms with van der Waals surface area (Å²) in [4.78, 5) is 26.5. The number of hydrogen-bond donors (Lipinski definition) is 1. The maximum atomic E-state index is 12.8. The maximum absolute atomic E-state index is 12.8. The van der Waals surface area contributed by atoms with Crippen molar-refractivity contribution in [2.75, 3.05) is 11.4 Å². The minimum absolute atomic E-state index is 0.136. The van der Waals surface area contributed by atoms with Crippen LogP contribution in [0.3, 0.4) is 0 Å². The highest BCUT2D eigenvalue weighted by atomic mass is 16.6. The van der Waals surface area contributed by atoms with Gasteiger partial charge < -0.3 is 15.0 Å². The summed E-state index contributed by atoms with van der Waals surface area (Å²) in [7, 11) is 0. The molecule has 0 radical (unpaired) electrons. The van der Waals surface area contributed by atoms with Crippen LogP contribution in [0.5, 0.6) is 0 Å². The van der Waals surface area contributed by atoms with Crippen LogP contribution >= 0.6 is 0 Å². The summed E-state index contributed by atoms with van der Waals surface area (Å²) in [5.41, 5.74) is 0.457. The van der Waals surface area contributed by atoms with Crippen LogP contribution in [-0.4, -0.2) is 29.7 Å². The summed E-state index contributed by atoms with van der Waals surface area (Å²) in [6.07, 6.45) is 0.253. The van der Waals surface area contributed by atoms with E-state index in [9.17, 15) is 9.59 Å². The van der Waals surface area contributed by atoms with Gasteiger partial charge in [0.15, 0.2) is 0 Å². The molecule has 0 spiro atoms. The van der Waals surface area contributed by atoms with Gasteiger partial charge in [-0.2, -0.15) is 0 Å². The van der Waals surface area contributed by atoms with Gasteiger partial charge in [-0.3, -0.25) is 4.79 Å². The van der Waals surface area contributed by atoms with Crippen LogP contribution in [0.4, 0.5) is 10.5 Å². The van der Waals surface area contributed by atoms with Crippen LogP contribution < -0.4 is 10.2 Å². The molecular formula is C17H24N2O3. The fraction of sp³-hybridized carbons (Fsp3) is 0.529. The zero-order chi connectivity index (χ0) is 16.5. The number of carbonyl (C=O) groups excluding carboxylic acids is 2. The Morgan fingerprint density at radius 3 is 2.41 bits per heavy atom. The van der Waals surface area contributed by atoms with Crippen molar-refractivity contribution in [3.63, 3.8) is 0 Å². The fourth-order valence-electron chi connectivity index (χ4n) is 2.50. The molecule has 0 atom stereocenters. The fourth-order valence-corrected chi connectivity index (χ4v) is 2.50. The zero-order valence-corrected chi connectivity index (χ0v) is 13.9. The lowest BCUT2D eigenvalue weighted by atomic mass is 10.0. The summed E-state index contributed by atoms with van der Waals surface area (Å²) in [5, 5.41) is 2.67. The van der Waals surface area contributed by atoms with E-state index >= 15 is 0 Å². The van der Waals surface area contributed by atoms with Crippen molar-refractivity contribution in [1.82, 2.24) is 5.32 Å². The van der Waals surface area contributed by atoms with Crippen LogP contribution in [0.1, 0.15) is 40.2 Å². The molecule has 5 nitrogen and oxygen atoms in total. The monoisotopic (exact) mass is 304 g/mol. The van der Waals surface area contributed by atoms with Crippen molar-refractivity contribution in [1.29, 1.82) is 0 Å². The Bertz CT molecular complexity index is 588. The molecule has 0 saturated heterocycles. The van der Waals surface area contributed by atoms with E-state index in [-0.39, 0.29) is 5.91 Å². The average molecular weight is 304 g/mol. The lowest BCUT2D eigenvalue weighted by molar-refractivity contribution is -0.123. The van der Waals surface area contributed by atoms with Crippen LogP contribution in [0.2, 0.25) is 0 Å². The van der Waals surface area contributed by atoms with Crippen molar-refractivity contribution in [2.24, 2.45) is 0 Å². The first kappa shape index (κ1) is 16.3. The average Bonchev–Trinajstić information content (AvgIpc) is 2.78. The van der Waals surface area contributed by atoms with Crippen molar-refractivity contribution in [2.45, 2.75) is 52.2 Å². The molecule has 0 saturated carbocycles. The summed E-state index contributed by atoms with van der Waals surface area (Å²) >= 11 is 0. The topological polar surface area (TPSA) is 58.6 Å². The molecular weight excluding hydrogens is 280 g/mol. The lowest BCUT2D eigenvalue weighted by Gasteiger charge is -2.31. The summed E-state index contributed by atoms with van der Waals surface area (Å²) in [6.45, 7) is 9.40. The molecule has 5 heteroatoms. The molecule has 0 unspecified atom stereocenters. The SMILES string of the molecule is CC(C)(C)OC(=O)NC(C)(C)C(=O)N1CCc2ccccc21. The third-order valence-corrected chi connectivity index (χ3v) is 3.48. The molecule has 1 aromatic carbocycles. The molecule has 0 fully saturated rings. The van der Waals surface area contributed by atoms with Gasteiger partial charge in [0.05, 0.1) is 0 Å². The van der Waals surface area contributed by atoms with Crippen molar-refractivity contribution in [3.05, 3.63) is 29.8 Å². The van der Waals surface area contributed by atoms with E-state index in [4.69, 9.17) is 4.74 Å². The predicted octanol–water partition coefficient (Wildman–Crippen LogP) is 2.88. The highest BCUT2D eigenvalue weighted by Crippen LogP contribution is 2.29. The van der Waals surface area contributed by atoms with Gasteiger partial charge in [0.1, 0.15) is 11.1 Å². The standard InChI is InChI=1S/C17H24N2O3/c1-16(2,3)22-15(21)18-17(4,5)14(20)19-11-10-12-8-6-7-9-13(12)19/h6-9H,10-11H2,1-5H3,(H,18,21). The number of para-hydroxylation sites is 1. The third-order valence-electron chi connectivity index (χ3n) is 3.48. The van der Waals surface area contributed by atoms with Gasteiger partial charge in [-0.05, 0) is 52.7 Å². The number of nitrogens with one attached hydrogen (secondary N) is 1. The maximum Gasteiger partial charge on any atom is 0.408 e. The van der Waals surface area contributed by atoms with Crippen molar-refractivity contribution >= 4 is 17.7 Å². The number of fused-ring (bicyclic) bond motifs is 1. The normalized spacial score (nSPS) is 14.5. The van der Waals surface area contributed by atoms with Crippen molar-refractivity contribution in [3.8, 4) is 0 Å². The second-order valence-corrected chi connectivity index (χ2v) is 7.09. The summed E-state index contributed by atoms with van der Waals surface area (Å²) < 4.78 is 5.24. The minimum atomic E-state index is -1.03. The molecule has 2 rings (SSSR count). The van der Waals surface area contributed by atoms with E-state index in [1.807, 2.05) is 24.3 Å². The third kappa shape index (κ3) is 3.59. The highest BCUT2D eigenvalue weighted by molar-refractivity contribution is 6.02. The van der Waals surface area contributed by atoms with E-state index < -0.39 is 17.2 Å². The lowest BCUT2D eigenvalue weighted by Crippen LogP contribution is -2.56. The van der Waals surface area contributed by atoms with Crippen LogP contribution in [0.25, 0.3) is 0 Å². The Balaban J connectivity index is 2.10. The second kappa shape index (κ2) is 5.63.